The van der Waals surface area contributed by atoms with Gasteiger partial charge in [0.15, 0.2) is 0 Å². The minimum Gasteiger partial charge on any atom is -0.139 e. The fraction of sp³-hybridized carbons (Fsp3) is 0.200. The van der Waals surface area contributed by atoms with Gasteiger partial charge in [0.05, 0.1) is 8.07 Å². The molecule has 5 aromatic rings. The van der Waals surface area contributed by atoms with E-state index in [0.717, 1.165) is 0 Å². The Labute approximate surface area is 250 Å². The monoisotopic (exact) mass is 602 g/mol. The SMILES string of the molecule is CC1=Cc2c(-c3cccc4ccccc34)cccc2C1[Si](C)(C)C1C(C)=C(C)c2c1sc1ccccc21.[Zr]. The fourth-order valence-electron chi connectivity index (χ4n) is 7.56. The zero-order valence-corrected chi connectivity index (χ0v) is 27.0. The van der Waals surface area contributed by atoms with Crippen LogP contribution in [0.5, 0.6) is 0 Å². The van der Waals surface area contributed by atoms with E-state index < -0.39 is 8.07 Å². The van der Waals surface area contributed by atoms with Crippen LogP contribution < -0.4 is 0 Å². The summed E-state index contributed by atoms with van der Waals surface area (Å²) in [5.74, 6) is 0. The third-order valence-electron chi connectivity index (χ3n) is 9.13. The summed E-state index contributed by atoms with van der Waals surface area (Å²) >= 11 is 2.05. The molecule has 0 aliphatic heterocycles. The Hall–Kier alpha value is -2.32. The van der Waals surface area contributed by atoms with Crippen LogP contribution in [0.15, 0.2) is 96.1 Å². The number of allylic oxidation sites excluding steroid dienone is 3. The van der Waals surface area contributed by atoms with E-state index in [1.54, 1.807) is 21.6 Å². The normalized spacial score (nSPS) is 18.5. The summed E-state index contributed by atoms with van der Waals surface area (Å²) in [7, 11) is -1.86. The second-order valence-corrected chi connectivity index (χ2v) is 17.4. The van der Waals surface area contributed by atoms with Crippen LogP contribution in [0, 0.1) is 0 Å². The molecule has 2 unspecified atom stereocenters. The summed E-state index contributed by atoms with van der Waals surface area (Å²) in [6.45, 7) is 12.5. The van der Waals surface area contributed by atoms with Crippen molar-refractivity contribution in [2.24, 2.45) is 0 Å². The molecule has 0 radical (unpaired) electrons. The Kier molecular flexibility index (Phi) is 6.42. The van der Waals surface area contributed by atoms with Crippen LogP contribution >= 0.6 is 11.3 Å². The Balaban J connectivity index is 0.00000264. The van der Waals surface area contributed by atoms with Gasteiger partial charge in [-0.2, -0.15) is 0 Å². The summed E-state index contributed by atoms with van der Waals surface area (Å²) in [6, 6.07) is 31.6. The van der Waals surface area contributed by atoms with Crippen molar-refractivity contribution in [2.75, 3.05) is 0 Å². The minimum absolute atomic E-state index is 0. The fourth-order valence-corrected chi connectivity index (χ4v) is 14.8. The molecule has 0 saturated heterocycles. The van der Waals surface area contributed by atoms with Gasteiger partial charge in [-0.25, -0.2) is 0 Å². The van der Waals surface area contributed by atoms with Gasteiger partial charge in [-0.1, -0.05) is 109 Å². The molecule has 3 heteroatoms. The van der Waals surface area contributed by atoms with E-state index in [0.29, 0.717) is 11.1 Å². The van der Waals surface area contributed by atoms with E-state index in [-0.39, 0.29) is 26.2 Å². The van der Waals surface area contributed by atoms with Crippen LogP contribution in [0.4, 0.5) is 0 Å². The molecule has 1 aromatic heterocycles. The van der Waals surface area contributed by atoms with Gasteiger partial charge in [0, 0.05) is 52.2 Å². The molecule has 0 amide bonds. The van der Waals surface area contributed by atoms with Gasteiger partial charge >= 0.3 is 0 Å². The Bertz CT molecular complexity index is 1800. The summed E-state index contributed by atoms with van der Waals surface area (Å²) in [5.41, 5.74) is 13.0. The molecular weight excluding hydrogens is 572 g/mol. The first kappa shape index (κ1) is 25.9. The van der Waals surface area contributed by atoms with Gasteiger partial charge in [0.1, 0.15) is 0 Å². The molecule has 0 spiro atoms. The van der Waals surface area contributed by atoms with Crippen molar-refractivity contribution < 1.29 is 26.2 Å². The van der Waals surface area contributed by atoms with E-state index in [4.69, 9.17) is 0 Å². The molecule has 186 valence electrons. The first-order valence-electron chi connectivity index (χ1n) is 13.4. The molecule has 0 N–H and O–H groups in total. The molecule has 38 heavy (non-hydrogen) atoms. The average molecular weight is 604 g/mol. The molecule has 7 rings (SSSR count). The van der Waals surface area contributed by atoms with Crippen molar-refractivity contribution in [3.8, 4) is 11.1 Å². The summed E-state index contributed by atoms with van der Waals surface area (Å²) < 4.78 is 1.44. The summed E-state index contributed by atoms with van der Waals surface area (Å²) in [4.78, 5) is 1.62. The van der Waals surface area contributed by atoms with Crippen molar-refractivity contribution in [3.05, 3.63) is 118 Å². The van der Waals surface area contributed by atoms with Crippen molar-refractivity contribution in [1.82, 2.24) is 0 Å². The Morgan fingerprint density at radius 3 is 2.16 bits per heavy atom. The third-order valence-corrected chi connectivity index (χ3v) is 15.0. The van der Waals surface area contributed by atoms with Gasteiger partial charge in [-0.05, 0) is 71.0 Å². The van der Waals surface area contributed by atoms with Gasteiger partial charge in [0.2, 0.25) is 0 Å². The smallest absolute Gasteiger partial charge is 0.0732 e. The van der Waals surface area contributed by atoms with E-state index in [2.05, 4.69) is 125 Å². The van der Waals surface area contributed by atoms with Crippen LogP contribution in [-0.4, -0.2) is 8.07 Å². The first-order valence-corrected chi connectivity index (χ1v) is 17.3. The maximum absolute atomic E-state index is 2.65. The Morgan fingerprint density at radius 2 is 1.34 bits per heavy atom. The van der Waals surface area contributed by atoms with Crippen LogP contribution in [0.2, 0.25) is 13.1 Å². The predicted octanol–water partition coefficient (Wildman–Crippen LogP) is 10.6. The second-order valence-electron chi connectivity index (χ2n) is 11.6. The van der Waals surface area contributed by atoms with Gasteiger partial charge < -0.3 is 0 Å². The first-order chi connectivity index (χ1) is 17.9. The maximum Gasteiger partial charge on any atom is 0.0732 e. The van der Waals surface area contributed by atoms with E-state index in [1.165, 1.54) is 48.7 Å². The zero-order valence-electron chi connectivity index (χ0n) is 22.7. The molecule has 0 nitrogen and oxygen atoms in total. The van der Waals surface area contributed by atoms with Crippen molar-refractivity contribution >= 4 is 51.9 Å². The Morgan fingerprint density at radius 1 is 0.684 bits per heavy atom. The van der Waals surface area contributed by atoms with E-state index in [9.17, 15) is 0 Å². The zero-order chi connectivity index (χ0) is 25.5. The molecule has 2 atom stereocenters. The third kappa shape index (κ3) is 3.62. The summed E-state index contributed by atoms with van der Waals surface area (Å²) in [6.07, 6.45) is 2.51. The molecule has 0 saturated carbocycles. The minimum atomic E-state index is -1.86. The van der Waals surface area contributed by atoms with Crippen LogP contribution in [0.1, 0.15) is 53.4 Å². The standard InChI is InChI=1S/C35H32SSi.Zr/c1-21-20-30-27(26-16-10-13-24-12-6-7-14-25(24)26)17-11-18-28(30)34(21)37(4,5)35-23(3)22(2)32-29-15-8-9-19-31(29)36-33(32)35;/h6-20,34-35H,1-5H3;. The summed E-state index contributed by atoms with van der Waals surface area (Å²) in [5, 5.41) is 4.09. The second kappa shape index (κ2) is 9.40. The number of hydrogen-bond donors (Lipinski definition) is 0. The van der Waals surface area contributed by atoms with Gasteiger partial charge in [-0.3, -0.25) is 0 Å². The predicted molar refractivity (Wildman–Crippen MR) is 166 cm³/mol. The molecule has 1 heterocycles. The molecule has 2 aliphatic carbocycles. The number of benzene rings is 4. The van der Waals surface area contributed by atoms with Gasteiger partial charge in [0.25, 0.3) is 0 Å². The average Bonchev–Trinajstić information content (AvgIpc) is 3.52. The molecule has 0 bridgehead atoms. The quantitative estimate of drug-likeness (QED) is 0.180. The molecule has 0 fully saturated rings. The van der Waals surface area contributed by atoms with Crippen LogP contribution in [-0.2, 0) is 26.2 Å². The molecule has 2 aliphatic rings. The van der Waals surface area contributed by atoms with Crippen molar-refractivity contribution in [2.45, 2.75) is 44.9 Å². The largest absolute Gasteiger partial charge is 0.139 e. The van der Waals surface area contributed by atoms with Crippen molar-refractivity contribution in [1.29, 1.82) is 0 Å². The van der Waals surface area contributed by atoms with E-state index in [1.807, 2.05) is 11.3 Å². The van der Waals surface area contributed by atoms with Gasteiger partial charge in [-0.15, -0.1) is 11.3 Å². The van der Waals surface area contributed by atoms with E-state index >= 15 is 0 Å². The number of thiophene rings is 1. The van der Waals surface area contributed by atoms with Crippen LogP contribution in [0.3, 0.4) is 0 Å². The van der Waals surface area contributed by atoms with Crippen LogP contribution in [0.25, 0.3) is 43.6 Å². The number of rotatable bonds is 3. The molecular formula is C35H32SSiZr. The maximum atomic E-state index is 2.65. The van der Waals surface area contributed by atoms with Crippen molar-refractivity contribution in [3.63, 3.8) is 0 Å². The number of hydrogen-bond acceptors (Lipinski definition) is 1. The molecule has 4 aromatic carbocycles. The topological polar surface area (TPSA) is 0 Å². The number of fused-ring (bicyclic) bond motifs is 5.